The lowest BCUT2D eigenvalue weighted by atomic mass is 9.37. The molecule has 8 bridgehead atoms. The molecule has 0 N–H and O–H groups in total. The average molecular weight is 845 g/mol. The van der Waals surface area contributed by atoms with E-state index < -0.39 is 7.92 Å². The number of fused-ring (bicyclic) bond motifs is 2. The minimum Gasteiger partial charge on any atom is -0.248 e. The van der Waals surface area contributed by atoms with Crippen molar-refractivity contribution in [3.63, 3.8) is 0 Å². The van der Waals surface area contributed by atoms with Crippen molar-refractivity contribution < 1.29 is 0 Å². The first-order valence-electron chi connectivity index (χ1n) is 24.0. The van der Waals surface area contributed by atoms with Crippen LogP contribution >= 0.6 is 17.2 Å². The maximum Gasteiger partial charge on any atom is 0.0709 e. The molecule has 5 aromatic carbocycles. The van der Waals surface area contributed by atoms with Crippen LogP contribution in [0, 0.1) is 46.3 Å². The lowest BCUT2D eigenvalue weighted by Gasteiger charge is -2.72. The highest BCUT2D eigenvalue weighted by Gasteiger charge is 2.69. The monoisotopic (exact) mass is 844 g/mol. The Bertz CT molecular complexity index is 2640. The Labute approximate surface area is 371 Å². The molecule has 0 spiro atoms. The van der Waals surface area contributed by atoms with E-state index in [2.05, 4.69) is 155 Å². The van der Waals surface area contributed by atoms with Crippen molar-refractivity contribution in [3.05, 3.63) is 157 Å². The molecule has 2 nitrogen and oxygen atoms in total. The number of nitrogens with zero attached hydrogens (tertiary/aromatic N) is 2. The van der Waals surface area contributed by atoms with Gasteiger partial charge in [0.05, 0.1) is 21.9 Å². The van der Waals surface area contributed by atoms with Gasteiger partial charge in [0.15, 0.2) is 0 Å². The van der Waals surface area contributed by atoms with Crippen LogP contribution in [0.4, 0.5) is 0 Å². The van der Waals surface area contributed by atoms with Crippen molar-refractivity contribution in [2.45, 2.75) is 88.4 Å². The summed E-state index contributed by atoms with van der Waals surface area (Å²) in [6, 6.07) is 54.9. The van der Waals surface area contributed by atoms with Gasteiger partial charge >= 0.3 is 0 Å². The molecule has 0 amide bonds. The van der Waals surface area contributed by atoms with E-state index in [1.165, 1.54) is 121 Å². The molecular weight excluding hydrogens is 787 g/mol. The summed E-state index contributed by atoms with van der Waals surface area (Å²) in [6.45, 7) is 0. The molecule has 0 saturated heterocycles. The second-order valence-electron chi connectivity index (χ2n) is 21.3. The molecular formula is C58H58N2P2. The third kappa shape index (κ3) is 6.09. The van der Waals surface area contributed by atoms with Gasteiger partial charge in [-0.05, 0) is 193 Å². The number of hydrogen-bond acceptors (Lipinski definition) is 2. The summed E-state index contributed by atoms with van der Waals surface area (Å²) in [5.74, 6) is 5.31. The van der Waals surface area contributed by atoms with Crippen LogP contribution in [0.15, 0.2) is 146 Å². The van der Waals surface area contributed by atoms with Crippen LogP contribution < -0.4 is 10.9 Å². The molecule has 15 rings (SSSR count). The van der Waals surface area contributed by atoms with Gasteiger partial charge in [-0.3, -0.25) is 0 Å². The highest BCUT2D eigenvalue weighted by atomic mass is 31.1. The molecule has 0 aliphatic heterocycles. The molecule has 1 unspecified atom stereocenters. The van der Waals surface area contributed by atoms with E-state index in [9.17, 15) is 0 Å². The van der Waals surface area contributed by atoms with Gasteiger partial charge in [-0.25, -0.2) is 9.97 Å². The summed E-state index contributed by atoms with van der Waals surface area (Å²) >= 11 is 0. The summed E-state index contributed by atoms with van der Waals surface area (Å²) in [4.78, 5) is 11.1. The molecule has 8 aliphatic carbocycles. The van der Waals surface area contributed by atoms with Crippen LogP contribution in [0.2, 0.25) is 0 Å². The number of pyridine rings is 2. The van der Waals surface area contributed by atoms with E-state index in [0.29, 0.717) is 10.8 Å². The molecule has 8 saturated carbocycles. The first-order chi connectivity index (χ1) is 30.4. The normalized spacial score (nSPS) is 30.4. The first-order valence-corrected chi connectivity index (χ1v) is 26.1. The maximum atomic E-state index is 5.56. The van der Waals surface area contributed by atoms with Crippen LogP contribution in [0.5, 0.6) is 0 Å². The molecule has 8 fully saturated rings. The lowest BCUT2D eigenvalue weighted by molar-refractivity contribution is -0.158. The molecule has 7 aromatic rings. The molecule has 8 aliphatic rings. The van der Waals surface area contributed by atoms with Crippen molar-refractivity contribution in [2.75, 3.05) is 0 Å². The Morgan fingerprint density at radius 1 is 0.468 bits per heavy atom. The van der Waals surface area contributed by atoms with Crippen molar-refractivity contribution in [1.29, 1.82) is 0 Å². The number of benzene rings is 5. The summed E-state index contributed by atoms with van der Waals surface area (Å²) in [5, 5.41) is 2.38. The van der Waals surface area contributed by atoms with Gasteiger partial charge in [-0.2, -0.15) is 0 Å². The van der Waals surface area contributed by atoms with Gasteiger partial charge in [0.2, 0.25) is 0 Å². The van der Waals surface area contributed by atoms with Gasteiger partial charge in [-0.15, -0.1) is 9.24 Å². The highest BCUT2D eigenvalue weighted by Crippen LogP contribution is 2.78. The zero-order chi connectivity index (χ0) is 41.0. The van der Waals surface area contributed by atoms with Crippen LogP contribution in [0.25, 0.3) is 44.1 Å². The molecule has 310 valence electrons. The smallest absolute Gasteiger partial charge is 0.0709 e. The minimum absolute atomic E-state index is 0.0191. The minimum atomic E-state index is -0.980. The molecule has 0 radical (unpaired) electrons. The van der Waals surface area contributed by atoms with E-state index in [1.807, 2.05) is 0 Å². The quantitative estimate of drug-likeness (QED) is 0.135. The Balaban J connectivity index is 1.10. The predicted octanol–water partition coefficient (Wildman–Crippen LogP) is 14.3. The maximum absolute atomic E-state index is 5.56. The third-order valence-corrected chi connectivity index (χ3v) is 21.4. The van der Waals surface area contributed by atoms with Gasteiger partial charge in [-0.1, -0.05) is 109 Å². The van der Waals surface area contributed by atoms with Crippen LogP contribution in [0.3, 0.4) is 0 Å². The predicted molar refractivity (Wildman–Crippen MR) is 263 cm³/mol. The lowest BCUT2D eigenvalue weighted by Crippen LogP contribution is -2.64. The van der Waals surface area contributed by atoms with Gasteiger partial charge < -0.3 is 0 Å². The molecule has 2 heterocycles. The van der Waals surface area contributed by atoms with Crippen molar-refractivity contribution >= 4 is 49.8 Å². The molecule has 4 heteroatoms. The summed E-state index contributed by atoms with van der Waals surface area (Å²) in [5.41, 5.74) is 13.7. The Kier molecular flexibility index (Phi) is 9.05. The zero-order valence-electron chi connectivity index (χ0n) is 35.9. The van der Waals surface area contributed by atoms with Crippen molar-refractivity contribution in [1.82, 2.24) is 9.97 Å². The summed E-state index contributed by atoms with van der Waals surface area (Å²) < 4.78 is 0. The number of rotatable bonds is 9. The zero-order valence-corrected chi connectivity index (χ0v) is 38.0. The van der Waals surface area contributed by atoms with Crippen LogP contribution in [0.1, 0.15) is 88.2 Å². The van der Waals surface area contributed by atoms with Crippen molar-refractivity contribution in [2.24, 2.45) is 46.3 Å². The fourth-order valence-corrected chi connectivity index (χ4v) is 19.1. The Morgan fingerprint density at radius 3 is 1.29 bits per heavy atom. The third-order valence-electron chi connectivity index (χ3n) is 17.6. The largest absolute Gasteiger partial charge is 0.248 e. The average Bonchev–Trinajstić information content (AvgIpc) is 3.29. The number of aromatic nitrogens is 2. The molecule has 2 aromatic heterocycles. The molecule has 1 atom stereocenters. The Hall–Kier alpha value is -4.22. The van der Waals surface area contributed by atoms with Crippen LogP contribution in [-0.4, -0.2) is 9.97 Å². The standard InChI is InChI=1S/C58H58N2P2/c61-58(56-31-38-23-39(32-56)25-40(24-38)33-56,57-34-41-26-42(35-57)28-43(27-41)36-57)51-30-50(45-13-5-2-6-14-45)49(44-11-3-1-4-12-44)29-48(51)37-62(54-21-19-46-15-7-9-17-52(46)59-54)55-22-20-47-16-8-10-18-53(47)60-55/h1-22,29-30,38-43H,23-28,31-37,61H2. The van der Waals surface area contributed by atoms with Gasteiger partial charge in [0, 0.05) is 30.0 Å². The molecule has 62 heavy (non-hydrogen) atoms. The van der Waals surface area contributed by atoms with Crippen molar-refractivity contribution in [3.8, 4) is 22.3 Å². The fraction of sp³-hybridized carbons (Fsp3) is 0.379. The Morgan fingerprint density at radius 2 is 0.855 bits per heavy atom. The number of para-hydroxylation sites is 2. The highest BCUT2D eigenvalue weighted by molar-refractivity contribution is 7.71. The summed E-state index contributed by atoms with van der Waals surface area (Å²) in [6.07, 6.45) is 18.3. The second kappa shape index (κ2) is 14.7. The van der Waals surface area contributed by atoms with E-state index in [-0.39, 0.29) is 5.16 Å². The van der Waals surface area contributed by atoms with Gasteiger partial charge in [0.1, 0.15) is 0 Å². The summed E-state index contributed by atoms with van der Waals surface area (Å²) in [7, 11) is 2.98. The fourth-order valence-electron chi connectivity index (χ4n) is 16.0. The van der Waals surface area contributed by atoms with E-state index in [4.69, 9.17) is 9.97 Å². The van der Waals surface area contributed by atoms with E-state index >= 15 is 0 Å². The first kappa shape index (κ1) is 38.3. The SMILES string of the molecule is PC(c1cc(-c2ccccc2)c(-c2ccccc2)cc1CP(c1ccc2ccccc2n1)c1ccc2ccccc2n1)(C12CC3CC(CC(C3)C1)C2)C12CC3CC(CC(C3)C1)C2. The number of hydrogen-bond donors (Lipinski definition) is 0. The van der Waals surface area contributed by atoms with E-state index in [0.717, 1.165) is 52.7 Å². The second-order valence-corrected chi connectivity index (χ2v) is 24.3. The van der Waals surface area contributed by atoms with E-state index in [1.54, 1.807) is 11.1 Å². The van der Waals surface area contributed by atoms with Gasteiger partial charge in [0.25, 0.3) is 0 Å². The topological polar surface area (TPSA) is 25.8 Å². The van der Waals surface area contributed by atoms with Crippen LogP contribution in [-0.2, 0) is 11.3 Å².